The second kappa shape index (κ2) is 12.4. The molecule has 0 unspecified atom stereocenters. The third-order valence-corrected chi connectivity index (χ3v) is 5.48. The predicted molar refractivity (Wildman–Crippen MR) is 129 cm³/mol. The molecule has 2 aromatic rings. The lowest BCUT2D eigenvalue weighted by atomic mass is 10.1. The van der Waals surface area contributed by atoms with Gasteiger partial charge in [-0.15, -0.1) is 35.3 Å². The minimum atomic E-state index is -4.40. The monoisotopic (exact) mass is 569 g/mol. The summed E-state index contributed by atoms with van der Waals surface area (Å²) in [5.74, 6) is 0.627. The summed E-state index contributed by atoms with van der Waals surface area (Å²) in [6.45, 7) is 6.74. The van der Waals surface area contributed by atoms with Crippen molar-refractivity contribution in [1.82, 2.24) is 15.6 Å². The number of benzene rings is 1. The molecule has 1 aromatic heterocycles. The van der Waals surface area contributed by atoms with E-state index in [2.05, 4.69) is 37.6 Å². The lowest BCUT2D eigenvalue weighted by Crippen LogP contribution is -2.38. The topological polar surface area (TPSA) is 61.8 Å². The van der Waals surface area contributed by atoms with Gasteiger partial charge in [-0.05, 0) is 18.6 Å². The lowest BCUT2D eigenvalue weighted by Gasteiger charge is -2.30. The van der Waals surface area contributed by atoms with Crippen molar-refractivity contribution in [3.05, 3.63) is 45.9 Å². The van der Waals surface area contributed by atoms with Gasteiger partial charge >= 0.3 is 6.18 Å². The molecule has 3 rings (SSSR count). The largest absolute Gasteiger partial charge is 0.434 e. The molecule has 0 atom stereocenters. The smallest absolute Gasteiger partial charge is 0.378 e. The van der Waals surface area contributed by atoms with Crippen LogP contribution >= 0.6 is 35.3 Å². The van der Waals surface area contributed by atoms with Crippen LogP contribution < -0.4 is 15.5 Å². The van der Waals surface area contributed by atoms with Crippen LogP contribution in [-0.4, -0.2) is 50.3 Å². The van der Waals surface area contributed by atoms with Gasteiger partial charge in [-0.1, -0.05) is 18.2 Å². The van der Waals surface area contributed by atoms with Crippen molar-refractivity contribution in [3.8, 4) is 0 Å². The SMILES string of the molecule is CCNC(=NCc1ccccc1N1CCOCC1)NCCc1nc(C(F)(F)F)cs1.I. The zero-order valence-electron chi connectivity index (χ0n) is 17.2. The average Bonchev–Trinajstić information content (AvgIpc) is 3.22. The summed E-state index contributed by atoms with van der Waals surface area (Å²) < 4.78 is 43.4. The normalized spacial score (nSPS) is 14.8. The van der Waals surface area contributed by atoms with Crippen molar-refractivity contribution in [2.75, 3.05) is 44.3 Å². The number of anilines is 1. The van der Waals surface area contributed by atoms with E-state index in [9.17, 15) is 13.2 Å². The molecular weight excluding hydrogens is 542 g/mol. The first-order valence-corrected chi connectivity index (χ1v) is 10.8. The summed E-state index contributed by atoms with van der Waals surface area (Å²) in [4.78, 5) is 10.6. The molecule has 0 amide bonds. The van der Waals surface area contributed by atoms with Gasteiger partial charge in [0.15, 0.2) is 11.7 Å². The summed E-state index contributed by atoms with van der Waals surface area (Å²) in [6.07, 6.45) is -4.00. The number of alkyl halides is 3. The van der Waals surface area contributed by atoms with Gasteiger partial charge in [-0.3, -0.25) is 0 Å². The van der Waals surface area contributed by atoms with Crippen LogP contribution in [0.3, 0.4) is 0 Å². The molecule has 0 saturated carbocycles. The number of rotatable bonds is 7. The van der Waals surface area contributed by atoms with Gasteiger partial charge in [0.2, 0.25) is 0 Å². The predicted octanol–water partition coefficient (Wildman–Crippen LogP) is 3.91. The molecule has 1 aromatic carbocycles. The fourth-order valence-corrected chi connectivity index (χ4v) is 3.91. The third-order valence-electron chi connectivity index (χ3n) is 4.57. The number of nitrogens with one attached hydrogen (secondary N) is 2. The van der Waals surface area contributed by atoms with Crippen molar-refractivity contribution in [2.45, 2.75) is 26.1 Å². The van der Waals surface area contributed by atoms with Gasteiger partial charge in [0.05, 0.1) is 24.8 Å². The fourth-order valence-electron chi connectivity index (χ4n) is 3.11. The number of aromatic nitrogens is 1. The number of hydrogen-bond donors (Lipinski definition) is 2. The fraction of sp³-hybridized carbons (Fsp3) is 0.500. The Balaban J connectivity index is 0.00000341. The maximum absolute atomic E-state index is 12.7. The second-order valence-corrected chi connectivity index (χ2v) is 7.67. The van der Waals surface area contributed by atoms with Gasteiger partial charge in [0, 0.05) is 43.7 Å². The van der Waals surface area contributed by atoms with Gasteiger partial charge in [-0.25, -0.2) is 9.98 Å². The maximum atomic E-state index is 12.7. The first kappa shape index (κ1) is 25.7. The highest BCUT2D eigenvalue weighted by molar-refractivity contribution is 14.0. The summed E-state index contributed by atoms with van der Waals surface area (Å²) in [5, 5.41) is 7.85. The van der Waals surface area contributed by atoms with Crippen molar-refractivity contribution < 1.29 is 17.9 Å². The summed E-state index contributed by atoms with van der Waals surface area (Å²) in [6, 6.07) is 8.17. The highest BCUT2D eigenvalue weighted by atomic mass is 127. The van der Waals surface area contributed by atoms with E-state index in [1.807, 2.05) is 19.1 Å². The molecule has 6 nitrogen and oxygen atoms in total. The van der Waals surface area contributed by atoms with Crippen LogP contribution in [0.15, 0.2) is 34.6 Å². The zero-order chi connectivity index (χ0) is 21.4. The number of para-hydroxylation sites is 1. The molecule has 0 bridgehead atoms. The quantitative estimate of drug-likeness (QED) is 0.301. The summed E-state index contributed by atoms with van der Waals surface area (Å²) >= 11 is 1.02. The molecule has 0 radical (unpaired) electrons. The molecule has 31 heavy (non-hydrogen) atoms. The number of nitrogens with zero attached hydrogens (tertiary/aromatic N) is 3. The van der Waals surface area contributed by atoms with Crippen LogP contribution in [0.4, 0.5) is 18.9 Å². The summed E-state index contributed by atoms with van der Waals surface area (Å²) in [7, 11) is 0. The Labute approximate surface area is 201 Å². The van der Waals surface area contributed by atoms with Crippen LogP contribution in [0.5, 0.6) is 0 Å². The van der Waals surface area contributed by atoms with Crippen LogP contribution in [0.1, 0.15) is 23.2 Å². The van der Waals surface area contributed by atoms with Crippen molar-refractivity contribution >= 4 is 47.0 Å². The van der Waals surface area contributed by atoms with E-state index in [1.54, 1.807) is 0 Å². The first-order valence-electron chi connectivity index (χ1n) is 9.91. The number of aliphatic imine (C=N–C) groups is 1. The number of thiazole rings is 1. The maximum Gasteiger partial charge on any atom is 0.434 e. The molecule has 0 aliphatic carbocycles. The van der Waals surface area contributed by atoms with Crippen molar-refractivity contribution in [3.63, 3.8) is 0 Å². The van der Waals surface area contributed by atoms with Crippen LogP contribution in [0.2, 0.25) is 0 Å². The molecule has 1 saturated heterocycles. The molecular formula is C20H27F3IN5OS. The van der Waals surface area contributed by atoms with Gasteiger partial charge < -0.3 is 20.3 Å². The molecule has 2 N–H and O–H groups in total. The van der Waals surface area contributed by atoms with Gasteiger partial charge in [0.25, 0.3) is 0 Å². The Morgan fingerprint density at radius 1 is 1.23 bits per heavy atom. The second-order valence-electron chi connectivity index (χ2n) is 6.72. The number of halogens is 4. The number of guanidine groups is 1. The van der Waals surface area contributed by atoms with Gasteiger partial charge in [-0.2, -0.15) is 13.2 Å². The molecule has 11 heteroatoms. The third kappa shape index (κ3) is 7.79. The Bertz CT molecular complexity index is 840. The zero-order valence-corrected chi connectivity index (χ0v) is 20.4. The molecule has 1 aliphatic rings. The average molecular weight is 569 g/mol. The van der Waals surface area contributed by atoms with E-state index in [-0.39, 0.29) is 24.0 Å². The highest BCUT2D eigenvalue weighted by Gasteiger charge is 2.33. The first-order chi connectivity index (χ1) is 14.5. The van der Waals surface area contributed by atoms with E-state index in [4.69, 9.17) is 4.74 Å². The highest BCUT2D eigenvalue weighted by Crippen LogP contribution is 2.30. The Kier molecular flexibility index (Phi) is 10.3. The van der Waals surface area contributed by atoms with Crippen molar-refractivity contribution in [1.29, 1.82) is 0 Å². The van der Waals surface area contributed by atoms with E-state index in [0.717, 1.165) is 41.1 Å². The minimum absolute atomic E-state index is 0. The number of hydrogen-bond acceptors (Lipinski definition) is 5. The van der Waals surface area contributed by atoms with Crippen LogP contribution in [0.25, 0.3) is 0 Å². The van der Waals surface area contributed by atoms with Crippen LogP contribution in [0, 0.1) is 0 Å². The number of morpholine rings is 1. The molecule has 1 fully saturated rings. The lowest BCUT2D eigenvalue weighted by molar-refractivity contribution is -0.140. The number of ether oxygens (including phenoxy) is 1. The Morgan fingerprint density at radius 3 is 2.65 bits per heavy atom. The van der Waals surface area contributed by atoms with E-state index >= 15 is 0 Å². The van der Waals surface area contributed by atoms with E-state index in [0.29, 0.717) is 50.2 Å². The van der Waals surface area contributed by atoms with Crippen LogP contribution in [-0.2, 0) is 23.9 Å². The summed E-state index contributed by atoms with van der Waals surface area (Å²) in [5.41, 5.74) is 1.44. The van der Waals surface area contributed by atoms with E-state index in [1.165, 1.54) is 0 Å². The van der Waals surface area contributed by atoms with Gasteiger partial charge in [0.1, 0.15) is 0 Å². The molecule has 2 heterocycles. The Morgan fingerprint density at radius 2 is 1.97 bits per heavy atom. The Hall–Kier alpha value is -1.60. The minimum Gasteiger partial charge on any atom is -0.378 e. The van der Waals surface area contributed by atoms with Crippen molar-refractivity contribution in [2.24, 2.45) is 4.99 Å². The molecule has 172 valence electrons. The standard InChI is InChI=1S/C20H26F3N5OS.HI/c1-2-24-19(25-8-7-18-27-17(14-30-18)20(21,22)23)26-13-15-5-3-4-6-16(15)28-9-11-29-12-10-28;/h3-6,14H,2,7-13H2,1H3,(H2,24,25,26);1H. The van der Waals surface area contributed by atoms with E-state index < -0.39 is 11.9 Å². The molecule has 1 aliphatic heterocycles. The molecule has 0 spiro atoms.